The second-order valence-corrected chi connectivity index (χ2v) is 11.9. The Balaban J connectivity index is 1.80. The molecule has 1 fully saturated rings. The Morgan fingerprint density at radius 3 is 2.56 bits per heavy atom. The second kappa shape index (κ2) is 11.3. The molecule has 1 aliphatic heterocycles. The maximum absolute atomic E-state index is 12.4. The van der Waals surface area contributed by atoms with Gasteiger partial charge in [0.05, 0.1) is 12.7 Å². The number of aromatic nitrogens is 2. The Morgan fingerprint density at radius 1 is 1.28 bits per heavy atom. The van der Waals surface area contributed by atoms with Crippen LogP contribution >= 0.6 is 6.64 Å². The van der Waals surface area contributed by atoms with Gasteiger partial charge in [-0.1, -0.05) is 18.2 Å². The number of carbonyl (C=O) groups excluding carboxylic acids is 1. The number of H-pyrrole nitrogens is 1. The molecule has 12 nitrogen and oxygen atoms in total. The van der Waals surface area contributed by atoms with Gasteiger partial charge in [-0.3, -0.25) is 19.1 Å². The number of nitrogens with one attached hydrogen (secondary N) is 2. The number of carbonyl (C=O) groups is 1. The normalized spacial score (nSPS) is 26.4. The Hall–Kier alpha value is -2.38. The van der Waals surface area contributed by atoms with Crippen LogP contribution in [0.5, 0.6) is 5.75 Å². The van der Waals surface area contributed by atoms with Crippen LogP contribution in [0.4, 0.5) is 0 Å². The molecule has 1 aromatic carbocycles. The minimum Gasteiger partial charge on any atom is -0.462 e. The molecule has 3 rings (SSSR count). The molecular formula is C22H30N3O9PS. The standard InChI is InChI=1S/C22H30N3O9PS/c1-13(2)32-19(28)14(3)24-35(36,34-15-8-6-5-7-9-15)31-12-16-18(27)22(4,30)20(33-16)25-11-10-17(26)23-21(25)29/h5-11,13-14,16,18,20,27,30H,12H2,1-4H3,(H,24,36)(H,23,26,29)/t14-,16+,18+,20+,22+,35-/m0/s1. The van der Waals surface area contributed by atoms with Gasteiger partial charge in [-0.15, -0.1) is 0 Å². The predicted octanol–water partition coefficient (Wildman–Crippen LogP) is 0.796. The molecule has 0 spiro atoms. The van der Waals surface area contributed by atoms with Gasteiger partial charge in [0.2, 0.25) is 0 Å². The highest BCUT2D eigenvalue weighted by Crippen LogP contribution is 2.47. The van der Waals surface area contributed by atoms with Crippen molar-refractivity contribution in [2.45, 2.75) is 63.9 Å². The van der Waals surface area contributed by atoms with Crippen molar-refractivity contribution in [1.82, 2.24) is 14.6 Å². The van der Waals surface area contributed by atoms with E-state index < -0.39 is 53.9 Å². The maximum Gasteiger partial charge on any atom is 0.330 e. The topological polar surface area (TPSA) is 161 Å². The highest BCUT2D eigenvalue weighted by atomic mass is 32.5. The van der Waals surface area contributed by atoms with E-state index in [0.29, 0.717) is 5.75 Å². The van der Waals surface area contributed by atoms with Crippen LogP contribution < -0.4 is 20.9 Å². The molecule has 1 saturated heterocycles. The maximum atomic E-state index is 12.4. The number of aliphatic hydroxyl groups is 2. The number of hydrogen-bond acceptors (Lipinski definition) is 10. The Morgan fingerprint density at radius 2 is 1.94 bits per heavy atom. The van der Waals surface area contributed by atoms with Crippen LogP contribution in [0.25, 0.3) is 0 Å². The number of ether oxygens (including phenoxy) is 2. The molecule has 6 atom stereocenters. The SMILES string of the molecule is CC(C)OC(=O)[C@H](C)N[P@](=S)(OC[C@H]1O[C@@H](n2ccc(=O)[nH]c2=O)[C@](C)(O)[C@@H]1O)Oc1ccccc1. The van der Waals surface area contributed by atoms with Gasteiger partial charge in [-0.05, 0) is 51.6 Å². The van der Waals surface area contributed by atoms with Gasteiger partial charge < -0.3 is 28.7 Å². The molecule has 0 radical (unpaired) electrons. The van der Waals surface area contributed by atoms with Crippen molar-refractivity contribution in [2.75, 3.05) is 6.61 Å². The number of benzene rings is 1. The summed E-state index contributed by atoms with van der Waals surface area (Å²) in [5, 5.41) is 24.5. The van der Waals surface area contributed by atoms with Crippen molar-refractivity contribution in [3.05, 3.63) is 63.4 Å². The second-order valence-electron chi connectivity index (χ2n) is 8.75. The first-order valence-electron chi connectivity index (χ1n) is 11.2. The molecule has 0 aliphatic carbocycles. The molecule has 2 aromatic rings. The average molecular weight is 544 g/mol. The van der Waals surface area contributed by atoms with E-state index in [-0.39, 0.29) is 12.7 Å². The van der Waals surface area contributed by atoms with Crippen LogP contribution in [0.1, 0.15) is 33.9 Å². The summed E-state index contributed by atoms with van der Waals surface area (Å²) in [5.41, 5.74) is -3.36. The highest BCUT2D eigenvalue weighted by molar-refractivity contribution is 8.09. The minimum absolute atomic E-state index is 0.340. The number of para-hydroxylation sites is 1. The lowest BCUT2D eigenvalue weighted by Crippen LogP contribution is -2.47. The fourth-order valence-electron chi connectivity index (χ4n) is 3.50. The van der Waals surface area contributed by atoms with Crippen molar-refractivity contribution in [1.29, 1.82) is 0 Å². The minimum atomic E-state index is -3.43. The third kappa shape index (κ3) is 6.68. The zero-order chi connectivity index (χ0) is 26.7. The van der Waals surface area contributed by atoms with Gasteiger partial charge in [0, 0.05) is 12.3 Å². The Kier molecular flexibility index (Phi) is 8.88. The summed E-state index contributed by atoms with van der Waals surface area (Å²) >= 11 is 5.63. The fraction of sp³-hybridized carbons (Fsp3) is 0.500. The van der Waals surface area contributed by atoms with Crippen molar-refractivity contribution in [3.8, 4) is 5.75 Å². The number of rotatable bonds is 10. The summed E-state index contributed by atoms with van der Waals surface area (Å²) in [5.74, 6) is -0.174. The molecule has 4 N–H and O–H groups in total. The summed E-state index contributed by atoms with van der Waals surface area (Å²) in [6, 6.07) is 8.79. The third-order valence-electron chi connectivity index (χ3n) is 5.29. The summed E-state index contributed by atoms with van der Waals surface area (Å²) < 4.78 is 23.7. The number of aliphatic hydroxyl groups excluding tert-OH is 1. The number of aromatic amines is 1. The lowest BCUT2D eigenvalue weighted by Gasteiger charge is -2.28. The molecule has 0 bridgehead atoms. The van der Waals surface area contributed by atoms with Gasteiger partial charge in [0.25, 0.3) is 5.56 Å². The van der Waals surface area contributed by atoms with E-state index >= 15 is 0 Å². The summed E-state index contributed by atoms with van der Waals surface area (Å²) in [6.45, 7) is 2.49. The summed E-state index contributed by atoms with van der Waals surface area (Å²) in [6.07, 6.45) is -3.14. The summed E-state index contributed by atoms with van der Waals surface area (Å²) in [4.78, 5) is 38.1. The fourth-order valence-corrected chi connectivity index (χ4v) is 5.91. The van der Waals surface area contributed by atoms with E-state index in [2.05, 4.69) is 10.1 Å². The largest absolute Gasteiger partial charge is 0.462 e. The monoisotopic (exact) mass is 543 g/mol. The van der Waals surface area contributed by atoms with E-state index in [9.17, 15) is 24.6 Å². The van der Waals surface area contributed by atoms with Gasteiger partial charge in [0.15, 0.2) is 6.23 Å². The molecular weight excluding hydrogens is 513 g/mol. The van der Waals surface area contributed by atoms with Crippen molar-refractivity contribution in [3.63, 3.8) is 0 Å². The van der Waals surface area contributed by atoms with Gasteiger partial charge in [0.1, 0.15) is 29.6 Å². The lowest BCUT2D eigenvalue weighted by molar-refractivity contribution is -0.149. The van der Waals surface area contributed by atoms with Crippen LogP contribution in [0, 0.1) is 0 Å². The van der Waals surface area contributed by atoms with E-state index in [0.717, 1.165) is 16.8 Å². The molecule has 0 amide bonds. The van der Waals surface area contributed by atoms with Crippen LogP contribution in [0.15, 0.2) is 52.2 Å². The van der Waals surface area contributed by atoms with Crippen LogP contribution in [-0.2, 0) is 30.6 Å². The first-order valence-corrected chi connectivity index (χ1v) is 13.8. The lowest BCUT2D eigenvalue weighted by atomic mass is 9.96. The molecule has 36 heavy (non-hydrogen) atoms. The van der Waals surface area contributed by atoms with Crippen LogP contribution in [0.2, 0.25) is 0 Å². The molecule has 0 unspecified atom stereocenters. The highest BCUT2D eigenvalue weighted by Gasteiger charge is 2.53. The molecule has 2 heterocycles. The Labute approximate surface area is 212 Å². The molecule has 0 saturated carbocycles. The van der Waals surface area contributed by atoms with Crippen LogP contribution in [0.3, 0.4) is 0 Å². The van der Waals surface area contributed by atoms with Crippen molar-refractivity contribution in [2.24, 2.45) is 0 Å². The van der Waals surface area contributed by atoms with E-state index in [4.69, 9.17) is 30.3 Å². The predicted molar refractivity (Wildman–Crippen MR) is 133 cm³/mol. The number of nitrogens with zero attached hydrogens (tertiary/aromatic N) is 1. The van der Waals surface area contributed by atoms with Gasteiger partial charge in [-0.2, -0.15) is 0 Å². The quantitative estimate of drug-likeness (QED) is 0.248. The van der Waals surface area contributed by atoms with Gasteiger partial charge >= 0.3 is 18.3 Å². The molecule has 1 aliphatic rings. The van der Waals surface area contributed by atoms with Gasteiger partial charge in [-0.25, -0.2) is 9.88 Å². The summed E-state index contributed by atoms with van der Waals surface area (Å²) in [7, 11) is 0. The van der Waals surface area contributed by atoms with E-state index in [1.807, 2.05) is 0 Å². The zero-order valence-electron chi connectivity index (χ0n) is 20.2. The van der Waals surface area contributed by atoms with E-state index in [1.165, 1.54) is 6.92 Å². The third-order valence-corrected chi connectivity index (χ3v) is 7.79. The smallest absolute Gasteiger partial charge is 0.330 e. The zero-order valence-corrected chi connectivity index (χ0v) is 21.9. The number of hydrogen-bond donors (Lipinski definition) is 4. The van der Waals surface area contributed by atoms with Crippen LogP contribution in [-0.4, -0.2) is 62.3 Å². The van der Waals surface area contributed by atoms with Crippen molar-refractivity contribution < 1.29 is 33.5 Å². The molecule has 14 heteroatoms. The number of esters is 1. The average Bonchev–Trinajstić information content (AvgIpc) is 3.01. The molecule has 198 valence electrons. The first kappa shape index (κ1) is 28.2. The molecule has 1 aromatic heterocycles. The Bertz CT molecular complexity index is 1220. The van der Waals surface area contributed by atoms with E-state index in [1.54, 1.807) is 51.1 Å². The first-order chi connectivity index (χ1) is 16.8. The van der Waals surface area contributed by atoms with Crippen molar-refractivity contribution >= 4 is 24.4 Å².